The van der Waals surface area contributed by atoms with Gasteiger partial charge >= 0.3 is 0 Å². The van der Waals surface area contributed by atoms with Gasteiger partial charge in [-0.25, -0.2) is 13.1 Å². The van der Waals surface area contributed by atoms with Gasteiger partial charge in [0.1, 0.15) is 0 Å². The molecule has 0 saturated carbocycles. The Morgan fingerprint density at radius 2 is 1.79 bits per heavy atom. The van der Waals surface area contributed by atoms with Crippen molar-refractivity contribution in [2.24, 2.45) is 0 Å². The van der Waals surface area contributed by atoms with Crippen LogP contribution in [0.25, 0.3) is 0 Å². The summed E-state index contributed by atoms with van der Waals surface area (Å²) in [7, 11) is -3.56. The van der Waals surface area contributed by atoms with Crippen molar-refractivity contribution in [2.75, 3.05) is 13.1 Å². The van der Waals surface area contributed by atoms with E-state index in [4.69, 9.17) is 0 Å². The maximum Gasteiger partial charge on any atom is 0.240 e. The smallest absolute Gasteiger partial charge is 0.240 e. The van der Waals surface area contributed by atoms with E-state index in [9.17, 15) is 8.42 Å². The Balaban J connectivity index is 1.54. The molecule has 1 atom stereocenters. The third-order valence-corrected chi connectivity index (χ3v) is 8.00. The fourth-order valence-electron chi connectivity index (χ4n) is 3.56. The van der Waals surface area contributed by atoms with Gasteiger partial charge in [-0.1, -0.05) is 46.3 Å². The van der Waals surface area contributed by atoms with E-state index in [0.29, 0.717) is 6.54 Å². The average molecular weight is 477 g/mol. The Bertz CT molecular complexity index is 1030. The first-order valence-electron chi connectivity index (χ1n) is 9.12. The Kier molecular flexibility index (Phi) is 5.99. The highest BCUT2D eigenvalue weighted by Gasteiger charge is 2.27. The van der Waals surface area contributed by atoms with Gasteiger partial charge in [0, 0.05) is 29.0 Å². The zero-order valence-electron chi connectivity index (χ0n) is 15.2. The lowest BCUT2D eigenvalue weighted by molar-refractivity contribution is 0.183. The van der Waals surface area contributed by atoms with Crippen molar-refractivity contribution < 1.29 is 8.42 Å². The fraction of sp³-hybridized carbons (Fsp3) is 0.238. The molecule has 28 heavy (non-hydrogen) atoms. The first-order chi connectivity index (χ1) is 13.5. The number of hydrogen-bond donors (Lipinski definition) is 1. The lowest BCUT2D eigenvalue weighted by Crippen LogP contribution is -2.40. The quantitative estimate of drug-likeness (QED) is 0.565. The van der Waals surface area contributed by atoms with Crippen molar-refractivity contribution in [3.8, 4) is 0 Å². The minimum atomic E-state index is -3.56. The second-order valence-corrected chi connectivity index (χ2v) is 10.5. The van der Waals surface area contributed by atoms with Gasteiger partial charge in [-0.15, -0.1) is 11.3 Å². The summed E-state index contributed by atoms with van der Waals surface area (Å²) in [6.45, 7) is 2.10. The molecule has 3 aromatic rings. The summed E-state index contributed by atoms with van der Waals surface area (Å²) in [4.78, 5) is 3.83. The number of hydrogen-bond acceptors (Lipinski definition) is 4. The molecular weight excluding hydrogens is 456 g/mol. The van der Waals surface area contributed by atoms with Crippen LogP contribution in [-0.4, -0.2) is 26.4 Å². The zero-order valence-corrected chi connectivity index (χ0v) is 18.4. The predicted molar refractivity (Wildman–Crippen MR) is 117 cm³/mol. The molecule has 0 fully saturated rings. The van der Waals surface area contributed by atoms with Crippen LogP contribution in [0.5, 0.6) is 0 Å². The molecule has 1 aliphatic heterocycles. The maximum atomic E-state index is 12.8. The van der Waals surface area contributed by atoms with Crippen LogP contribution in [0.15, 0.2) is 75.4 Å². The molecule has 4 nitrogen and oxygen atoms in total. The number of nitrogens with one attached hydrogen (secondary N) is 1. The summed E-state index contributed by atoms with van der Waals surface area (Å²) in [6.07, 6.45) is 0.984. The molecule has 1 unspecified atom stereocenters. The van der Waals surface area contributed by atoms with Gasteiger partial charge in [0.25, 0.3) is 0 Å². The Hall–Kier alpha value is -1.51. The summed E-state index contributed by atoms with van der Waals surface area (Å²) in [5, 5.41) is 2.05. The minimum Gasteiger partial charge on any atom is -0.290 e. The van der Waals surface area contributed by atoms with E-state index in [1.54, 1.807) is 35.6 Å². The summed E-state index contributed by atoms with van der Waals surface area (Å²) in [6, 6.07) is 19.3. The van der Waals surface area contributed by atoms with Crippen molar-refractivity contribution >= 4 is 37.3 Å². The molecule has 7 heteroatoms. The maximum absolute atomic E-state index is 12.8. The molecule has 146 valence electrons. The standard InChI is InChI=1S/C21H21BrN2O2S2/c22-18-7-9-19(10-8-18)28(25,26)23-14-20(21-6-3-13-27-21)24-12-11-16-4-1-2-5-17(16)15-24/h1-10,13,20,23H,11-12,14-15H2. The number of fused-ring (bicyclic) bond motifs is 1. The van der Waals surface area contributed by atoms with Crippen LogP contribution in [0.3, 0.4) is 0 Å². The van der Waals surface area contributed by atoms with Gasteiger partial charge in [0.05, 0.1) is 10.9 Å². The molecule has 2 aromatic carbocycles. The van der Waals surface area contributed by atoms with Gasteiger partial charge < -0.3 is 0 Å². The van der Waals surface area contributed by atoms with Gasteiger partial charge in [-0.2, -0.15) is 0 Å². The Morgan fingerprint density at radius 3 is 2.50 bits per heavy atom. The largest absolute Gasteiger partial charge is 0.290 e. The van der Waals surface area contributed by atoms with Crippen LogP contribution in [0.4, 0.5) is 0 Å². The van der Waals surface area contributed by atoms with Crippen molar-refractivity contribution in [1.82, 2.24) is 9.62 Å². The highest BCUT2D eigenvalue weighted by molar-refractivity contribution is 9.10. The first kappa shape index (κ1) is 19.8. The van der Waals surface area contributed by atoms with Crippen LogP contribution in [0.1, 0.15) is 22.0 Å². The van der Waals surface area contributed by atoms with E-state index in [-0.39, 0.29) is 10.9 Å². The molecule has 0 radical (unpaired) electrons. The molecule has 1 aliphatic rings. The lowest BCUT2D eigenvalue weighted by atomic mass is 9.98. The van der Waals surface area contributed by atoms with E-state index in [1.807, 2.05) is 11.4 Å². The van der Waals surface area contributed by atoms with Crippen LogP contribution in [0.2, 0.25) is 0 Å². The van der Waals surface area contributed by atoms with Crippen LogP contribution >= 0.6 is 27.3 Å². The van der Waals surface area contributed by atoms with E-state index in [0.717, 1.165) is 24.0 Å². The van der Waals surface area contributed by atoms with E-state index in [1.165, 1.54) is 16.0 Å². The third-order valence-electron chi connectivity index (χ3n) is 5.06. The average Bonchev–Trinajstić information content (AvgIpc) is 3.23. The highest BCUT2D eigenvalue weighted by Crippen LogP contribution is 2.30. The molecule has 1 aromatic heterocycles. The molecule has 0 amide bonds. The molecule has 0 spiro atoms. The minimum absolute atomic E-state index is 0.0126. The highest BCUT2D eigenvalue weighted by atomic mass is 79.9. The molecule has 0 aliphatic carbocycles. The molecule has 2 heterocycles. The molecule has 4 rings (SSSR count). The van der Waals surface area contributed by atoms with Crippen molar-refractivity contribution in [3.05, 3.63) is 86.5 Å². The first-order valence-corrected chi connectivity index (χ1v) is 12.3. The van der Waals surface area contributed by atoms with Crippen molar-refractivity contribution in [2.45, 2.75) is 23.9 Å². The second-order valence-electron chi connectivity index (χ2n) is 6.83. The summed E-state index contributed by atoms with van der Waals surface area (Å²) < 4.78 is 29.2. The lowest BCUT2D eigenvalue weighted by Gasteiger charge is -2.35. The summed E-state index contributed by atoms with van der Waals surface area (Å²) >= 11 is 5.02. The van der Waals surface area contributed by atoms with Crippen molar-refractivity contribution in [1.29, 1.82) is 0 Å². The summed E-state index contributed by atoms with van der Waals surface area (Å²) in [5.41, 5.74) is 2.71. The van der Waals surface area contributed by atoms with Gasteiger partial charge in [0.2, 0.25) is 10.0 Å². The van der Waals surface area contributed by atoms with E-state index in [2.05, 4.69) is 55.9 Å². The molecule has 0 saturated heterocycles. The Morgan fingerprint density at radius 1 is 1.04 bits per heavy atom. The van der Waals surface area contributed by atoms with E-state index >= 15 is 0 Å². The van der Waals surface area contributed by atoms with Crippen LogP contribution in [0, 0.1) is 0 Å². The van der Waals surface area contributed by atoms with Gasteiger partial charge in [0.15, 0.2) is 0 Å². The fourth-order valence-corrected chi connectivity index (χ4v) is 5.72. The van der Waals surface area contributed by atoms with Crippen LogP contribution in [-0.2, 0) is 23.0 Å². The topological polar surface area (TPSA) is 49.4 Å². The predicted octanol–water partition coefficient (Wildman–Crippen LogP) is 4.59. The van der Waals surface area contributed by atoms with Crippen LogP contribution < -0.4 is 4.72 Å². The van der Waals surface area contributed by atoms with Gasteiger partial charge in [-0.3, -0.25) is 4.90 Å². The molecular formula is C21H21BrN2O2S2. The zero-order chi connectivity index (χ0) is 19.6. The number of nitrogens with zero attached hydrogens (tertiary/aromatic N) is 1. The summed E-state index contributed by atoms with van der Waals surface area (Å²) in [5.74, 6) is 0. The third kappa shape index (κ3) is 4.39. The van der Waals surface area contributed by atoms with E-state index < -0.39 is 10.0 Å². The number of halogens is 1. The second kappa shape index (κ2) is 8.47. The number of sulfonamides is 1. The molecule has 1 N–H and O–H groups in total. The Labute approximate surface area is 178 Å². The molecule has 0 bridgehead atoms. The number of benzene rings is 2. The monoisotopic (exact) mass is 476 g/mol. The van der Waals surface area contributed by atoms with Crippen molar-refractivity contribution in [3.63, 3.8) is 0 Å². The SMILES string of the molecule is O=S(=O)(NCC(c1cccs1)N1CCc2ccccc2C1)c1ccc(Br)cc1. The number of thiophene rings is 1. The van der Waals surface area contributed by atoms with Gasteiger partial charge in [-0.05, 0) is 53.3 Å². The number of rotatable bonds is 6. The normalized spacial score (nSPS) is 15.9.